The maximum Gasteiger partial charge on any atom is 0.261 e. The van der Waals surface area contributed by atoms with Gasteiger partial charge in [0.25, 0.3) is 17.7 Å². The summed E-state index contributed by atoms with van der Waals surface area (Å²) >= 11 is 5.92. The van der Waals surface area contributed by atoms with Crippen molar-refractivity contribution < 1.29 is 14.4 Å². The van der Waals surface area contributed by atoms with Gasteiger partial charge in [-0.15, -0.1) is 0 Å². The van der Waals surface area contributed by atoms with Gasteiger partial charge in [-0.3, -0.25) is 19.3 Å². The molecule has 5 nitrogen and oxygen atoms in total. The van der Waals surface area contributed by atoms with Crippen LogP contribution < -0.4 is 5.32 Å². The first-order valence-corrected chi connectivity index (χ1v) is 8.82. The maximum absolute atomic E-state index is 12.6. The predicted octanol–water partition coefficient (Wildman–Crippen LogP) is 4.23. The highest BCUT2D eigenvalue weighted by Gasteiger charge is 2.35. The number of carbonyl (C=O) groups excluding carboxylic acids is 3. The maximum atomic E-state index is 12.6. The summed E-state index contributed by atoms with van der Waals surface area (Å²) in [5.74, 6) is -0.621. The summed E-state index contributed by atoms with van der Waals surface area (Å²) in [6.45, 7) is 4.46. The molecule has 0 radical (unpaired) electrons. The van der Waals surface area contributed by atoms with Crippen LogP contribution in [0.15, 0.2) is 42.5 Å². The van der Waals surface area contributed by atoms with Crippen molar-refractivity contribution in [3.8, 4) is 0 Å². The van der Waals surface area contributed by atoms with Gasteiger partial charge in [-0.2, -0.15) is 0 Å². The zero-order chi connectivity index (χ0) is 18.8. The highest BCUT2D eigenvalue weighted by Crippen LogP contribution is 2.25. The molecular weight excluding hydrogens is 352 g/mol. The third-order valence-corrected chi connectivity index (χ3v) is 4.48. The SMILES string of the molecule is CC(C)CCN1C(=O)c2ccc(C(=O)Nc3cccc(Cl)c3)cc2C1=O. The Morgan fingerprint density at radius 2 is 1.81 bits per heavy atom. The minimum atomic E-state index is -0.365. The van der Waals surface area contributed by atoms with Crippen LogP contribution in [0.5, 0.6) is 0 Å². The minimum absolute atomic E-state index is 0.275. The lowest BCUT2D eigenvalue weighted by Crippen LogP contribution is -2.31. The summed E-state index contributed by atoms with van der Waals surface area (Å²) < 4.78 is 0. The molecule has 1 heterocycles. The van der Waals surface area contributed by atoms with Crippen LogP contribution in [0.4, 0.5) is 5.69 Å². The van der Waals surface area contributed by atoms with Gasteiger partial charge in [-0.25, -0.2) is 0 Å². The molecule has 0 aromatic heterocycles. The van der Waals surface area contributed by atoms with E-state index >= 15 is 0 Å². The van der Waals surface area contributed by atoms with Gasteiger partial charge in [0.05, 0.1) is 11.1 Å². The summed E-state index contributed by atoms with van der Waals surface area (Å²) in [6, 6.07) is 11.4. The molecule has 1 aliphatic rings. The first-order chi connectivity index (χ1) is 12.4. The number of nitrogens with one attached hydrogen (secondary N) is 1. The van der Waals surface area contributed by atoms with Crippen molar-refractivity contribution in [2.45, 2.75) is 20.3 Å². The Morgan fingerprint density at radius 3 is 2.50 bits per heavy atom. The fourth-order valence-electron chi connectivity index (χ4n) is 2.79. The van der Waals surface area contributed by atoms with Gasteiger partial charge in [-0.1, -0.05) is 31.5 Å². The van der Waals surface area contributed by atoms with E-state index in [0.29, 0.717) is 34.3 Å². The monoisotopic (exact) mass is 370 g/mol. The minimum Gasteiger partial charge on any atom is -0.322 e. The third kappa shape index (κ3) is 3.63. The van der Waals surface area contributed by atoms with E-state index in [2.05, 4.69) is 5.32 Å². The number of nitrogens with zero attached hydrogens (tertiary/aromatic N) is 1. The molecule has 3 rings (SSSR count). The lowest BCUT2D eigenvalue weighted by atomic mass is 10.1. The van der Waals surface area contributed by atoms with Gasteiger partial charge in [0.15, 0.2) is 0 Å². The van der Waals surface area contributed by atoms with Gasteiger partial charge in [0.2, 0.25) is 0 Å². The summed E-state index contributed by atoms with van der Waals surface area (Å²) in [5.41, 5.74) is 1.50. The number of hydrogen-bond donors (Lipinski definition) is 1. The van der Waals surface area contributed by atoms with Crippen LogP contribution in [-0.4, -0.2) is 29.2 Å². The molecule has 6 heteroatoms. The van der Waals surface area contributed by atoms with E-state index in [9.17, 15) is 14.4 Å². The second-order valence-corrected chi connectivity index (χ2v) is 7.11. The van der Waals surface area contributed by atoms with Gasteiger partial charge in [0, 0.05) is 22.8 Å². The molecule has 3 amide bonds. The zero-order valence-electron chi connectivity index (χ0n) is 14.6. The Hall–Kier alpha value is -2.66. The third-order valence-electron chi connectivity index (χ3n) is 4.25. The van der Waals surface area contributed by atoms with Crippen molar-refractivity contribution in [1.29, 1.82) is 0 Å². The van der Waals surface area contributed by atoms with Crippen molar-refractivity contribution in [3.05, 3.63) is 64.2 Å². The molecule has 26 heavy (non-hydrogen) atoms. The molecule has 0 aliphatic carbocycles. The molecule has 134 valence electrons. The smallest absolute Gasteiger partial charge is 0.261 e. The lowest BCUT2D eigenvalue weighted by Gasteiger charge is -2.14. The Balaban J connectivity index is 1.81. The molecule has 0 bridgehead atoms. The Kier molecular flexibility index (Phi) is 5.09. The first-order valence-electron chi connectivity index (χ1n) is 8.44. The van der Waals surface area contributed by atoms with E-state index in [1.807, 2.05) is 13.8 Å². The molecule has 0 saturated heterocycles. The van der Waals surface area contributed by atoms with Crippen LogP contribution in [0.3, 0.4) is 0 Å². The van der Waals surface area contributed by atoms with Crippen molar-refractivity contribution in [3.63, 3.8) is 0 Å². The molecule has 1 N–H and O–H groups in total. The highest BCUT2D eigenvalue weighted by molar-refractivity contribution is 6.31. The predicted molar refractivity (Wildman–Crippen MR) is 101 cm³/mol. The van der Waals surface area contributed by atoms with E-state index in [-0.39, 0.29) is 23.3 Å². The molecule has 2 aromatic rings. The van der Waals surface area contributed by atoms with E-state index in [1.165, 1.54) is 17.0 Å². The van der Waals surface area contributed by atoms with Crippen molar-refractivity contribution in [2.24, 2.45) is 5.92 Å². The summed E-state index contributed by atoms with van der Waals surface area (Å²) in [4.78, 5) is 38.7. The second kappa shape index (κ2) is 7.30. The van der Waals surface area contributed by atoms with Gasteiger partial charge < -0.3 is 5.32 Å². The van der Waals surface area contributed by atoms with E-state index in [0.717, 1.165) is 6.42 Å². The number of amides is 3. The molecule has 1 aliphatic heterocycles. The number of hydrogen-bond acceptors (Lipinski definition) is 3. The van der Waals surface area contributed by atoms with Crippen LogP contribution in [0, 0.1) is 5.92 Å². The summed E-state index contributed by atoms with van der Waals surface area (Å²) in [6.07, 6.45) is 0.744. The number of imide groups is 1. The molecular formula is C20H19ClN2O3. The van der Waals surface area contributed by atoms with Crippen LogP contribution in [0.2, 0.25) is 5.02 Å². The van der Waals surface area contributed by atoms with Gasteiger partial charge in [-0.05, 0) is 48.7 Å². The van der Waals surface area contributed by atoms with Crippen LogP contribution in [-0.2, 0) is 0 Å². The molecule has 0 atom stereocenters. The first kappa shape index (κ1) is 18.1. The van der Waals surface area contributed by atoms with Crippen LogP contribution in [0.1, 0.15) is 51.3 Å². The molecule has 0 spiro atoms. The Labute approximate surface area is 156 Å². The van der Waals surface area contributed by atoms with Gasteiger partial charge >= 0.3 is 0 Å². The van der Waals surface area contributed by atoms with Crippen molar-refractivity contribution >= 4 is 35.0 Å². The van der Waals surface area contributed by atoms with E-state index in [1.54, 1.807) is 30.3 Å². The average molecular weight is 371 g/mol. The fraction of sp³-hybridized carbons (Fsp3) is 0.250. The van der Waals surface area contributed by atoms with Crippen molar-refractivity contribution in [1.82, 2.24) is 4.90 Å². The summed E-state index contributed by atoms with van der Waals surface area (Å²) in [7, 11) is 0. The Morgan fingerprint density at radius 1 is 1.08 bits per heavy atom. The zero-order valence-corrected chi connectivity index (χ0v) is 15.3. The number of rotatable bonds is 5. The average Bonchev–Trinajstić information content (AvgIpc) is 2.83. The quantitative estimate of drug-likeness (QED) is 0.801. The number of anilines is 1. The normalized spacial score (nSPS) is 13.3. The standard InChI is InChI=1S/C20H19ClN2O3/c1-12(2)8-9-23-19(25)16-7-6-13(10-17(16)20(23)26)18(24)22-15-5-3-4-14(21)11-15/h3-7,10-12H,8-9H2,1-2H3,(H,22,24). The van der Waals surface area contributed by atoms with Crippen LogP contribution >= 0.6 is 11.6 Å². The summed E-state index contributed by atoms with van der Waals surface area (Å²) in [5, 5.41) is 3.25. The Bertz CT molecular complexity index is 892. The number of carbonyl (C=O) groups is 3. The van der Waals surface area contributed by atoms with Crippen LogP contribution in [0.25, 0.3) is 0 Å². The lowest BCUT2D eigenvalue weighted by molar-refractivity contribution is 0.0647. The topological polar surface area (TPSA) is 66.5 Å². The molecule has 0 fully saturated rings. The van der Waals surface area contributed by atoms with E-state index in [4.69, 9.17) is 11.6 Å². The van der Waals surface area contributed by atoms with Gasteiger partial charge in [0.1, 0.15) is 0 Å². The van der Waals surface area contributed by atoms with Crippen molar-refractivity contribution in [2.75, 3.05) is 11.9 Å². The van der Waals surface area contributed by atoms with E-state index < -0.39 is 0 Å². The molecule has 0 saturated carbocycles. The molecule has 0 unspecified atom stereocenters. The highest BCUT2D eigenvalue weighted by atomic mass is 35.5. The number of fused-ring (bicyclic) bond motifs is 1. The fourth-order valence-corrected chi connectivity index (χ4v) is 2.98. The number of halogens is 1. The number of benzene rings is 2. The molecule has 2 aromatic carbocycles. The second-order valence-electron chi connectivity index (χ2n) is 6.67. The largest absolute Gasteiger partial charge is 0.322 e.